The largest absolute Gasteiger partial charge is 0.350 e. The van der Waals surface area contributed by atoms with Gasteiger partial charge in [0.05, 0.1) is 0 Å². The summed E-state index contributed by atoms with van der Waals surface area (Å²) in [5.74, 6) is 0.360. The lowest BCUT2D eigenvalue weighted by atomic mass is 10.1. The number of hydrogen-bond donors (Lipinski definition) is 2. The molecule has 0 radical (unpaired) electrons. The molecule has 0 aliphatic heterocycles. The first-order chi connectivity index (χ1) is 11.2. The number of anilines is 1. The zero-order valence-corrected chi connectivity index (χ0v) is 13.0. The predicted molar refractivity (Wildman–Crippen MR) is 90.7 cm³/mol. The Labute approximate surface area is 138 Å². The molecule has 5 nitrogen and oxygen atoms in total. The topological polar surface area (TPSA) is 70.7 Å². The molecule has 116 valence electrons. The van der Waals surface area contributed by atoms with Crippen LogP contribution in [0.5, 0.6) is 0 Å². The van der Waals surface area contributed by atoms with Gasteiger partial charge in [-0.1, -0.05) is 54.1 Å². The van der Waals surface area contributed by atoms with E-state index in [-0.39, 0.29) is 5.56 Å². The van der Waals surface area contributed by atoms with E-state index in [1.165, 1.54) is 0 Å². The lowest BCUT2D eigenvalue weighted by Gasteiger charge is -2.05. The first-order valence-electron chi connectivity index (χ1n) is 7.19. The summed E-state index contributed by atoms with van der Waals surface area (Å²) in [6.45, 7) is 0.571. The summed E-state index contributed by atoms with van der Waals surface area (Å²) in [6, 6.07) is 17.2. The number of H-pyrrole nitrogens is 1. The maximum atomic E-state index is 12.1. The van der Waals surface area contributed by atoms with E-state index in [1.54, 1.807) is 12.1 Å². The molecular weight excluding hydrogens is 312 g/mol. The van der Waals surface area contributed by atoms with Gasteiger partial charge in [0, 0.05) is 18.0 Å². The molecule has 3 aromatic rings. The average molecular weight is 327 g/mol. The van der Waals surface area contributed by atoms with Gasteiger partial charge in [0.1, 0.15) is 5.69 Å². The molecule has 2 N–H and O–H groups in total. The highest BCUT2D eigenvalue weighted by Crippen LogP contribution is 2.11. The summed E-state index contributed by atoms with van der Waals surface area (Å²) in [4.78, 5) is 14.8. The molecule has 1 heterocycles. The minimum absolute atomic E-state index is 0.245. The van der Waals surface area contributed by atoms with Gasteiger partial charge in [0.15, 0.2) is 0 Å². The summed E-state index contributed by atoms with van der Waals surface area (Å²) in [5, 5.41) is 11.8. The first kappa shape index (κ1) is 15.2. The number of aromatic amines is 1. The van der Waals surface area contributed by atoms with Crippen molar-refractivity contribution in [3.05, 3.63) is 86.8 Å². The first-order valence-corrected chi connectivity index (χ1v) is 7.56. The molecule has 0 saturated heterocycles. The molecule has 3 rings (SSSR count). The second-order valence-electron chi connectivity index (χ2n) is 5.09. The number of nitrogens with one attached hydrogen (secondary N) is 2. The van der Waals surface area contributed by atoms with Crippen LogP contribution in [0.3, 0.4) is 0 Å². The SMILES string of the molecule is O=c1[nH]c(NCc2ccccc2)nnc1Cc1ccc(Cl)cc1. The van der Waals surface area contributed by atoms with E-state index < -0.39 is 0 Å². The van der Waals surface area contributed by atoms with Gasteiger partial charge < -0.3 is 5.32 Å². The third kappa shape index (κ3) is 4.17. The molecule has 6 heteroatoms. The molecule has 23 heavy (non-hydrogen) atoms. The van der Waals surface area contributed by atoms with Crippen LogP contribution < -0.4 is 10.9 Å². The average Bonchev–Trinajstić information content (AvgIpc) is 2.58. The van der Waals surface area contributed by atoms with Crippen LogP contribution in [0.2, 0.25) is 5.02 Å². The Morgan fingerprint density at radius 2 is 1.70 bits per heavy atom. The standard InChI is InChI=1S/C17H15ClN4O/c18-14-8-6-12(7-9-14)10-15-16(23)20-17(22-21-15)19-11-13-4-2-1-3-5-13/h1-9H,10-11H2,(H2,19,20,22,23). The van der Waals surface area contributed by atoms with E-state index in [9.17, 15) is 4.79 Å². The second-order valence-corrected chi connectivity index (χ2v) is 5.53. The van der Waals surface area contributed by atoms with Crippen molar-refractivity contribution in [1.29, 1.82) is 0 Å². The Balaban J connectivity index is 1.68. The number of hydrogen-bond acceptors (Lipinski definition) is 4. The van der Waals surface area contributed by atoms with Gasteiger partial charge in [-0.3, -0.25) is 9.78 Å². The van der Waals surface area contributed by atoms with Crippen LogP contribution in [-0.4, -0.2) is 15.2 Å². The number of halogens is 1. The molecule has 0 aliphatic carbocycles. The summed E-state index contributed by atoms with van der Waals surface area (Å²) in [5.41, 5.74) is 2.18. The third-order valence-corrected chi connectivity index (χ3v) is 3.60. The molecule has 0 saturated carbocycles. The highest BCUT2D eigenvalue weighted by molar-refractivity contribution is 6.30. The smallest absolute Gasteiger partial charge is 0.274 e. The van der Waals surface area contributed by atoms with Crippen LogP contribution in [0.1, 0.15) is 16.8 Å². The van der Waals surface area contributed by atoms with Gasteiger partial charge in [0.25, 0.3) is 5.56 Å². The van der Waals surface area contributed by atoms with Crippen LogP contribution in [0.4, 0.5) is 5.95 Å². The summed E-state index contributed by atoms with van der Waals surface area (Å²) in [7, 11) is 0. The van der Waals surface area contributed by atoms with Gasteiger partial charge in [-0.15, -0.1) is 10.2 Å². The number of benzene rings is 2. The molecular formula is C17H15ClN4O. The van der Waals surface area contributed by atoms with Crippen LogP contribution in [0, 0.1) is 0 Å². The van der Waals surface area contributed by atoms with E-state index in [2.05, 4.69) is 20.5 Å². The molecule has 2 aromatic carbocycles. The number of nitrogens with zero attached hydrogens (tertiary/aromatic N) is 2. The fraction of sp³-hybridized carbons (Fsp3) is 0.118. The van der Waals surface area contributed by atoms with Gasteiger partial charge in [-0.2, -0.15) is 0 Å². The van der Waals surface area contributed by atoms with Crippen molar-refractivity contribution in [2.75, 3.05) is 5.32 Å². The van der Waals surface area contributed by atoms with Crippen molar-refractivity contribution >= 4 is 17.5 Å². The summed E-state index contributed by atoms with van der Waals surface area (Å²) < 4.78 is 0. The Bertz CT molecular complexity index is 831. The molecule has 0 unspecified atom stereocenters. The van der Waals surface area contributed by atoms with E-state index in [4.69, 9.17) is 11.6 Å². The Morgan fingerprint density at radius 3 is 2.39 bits per heavy atom. The highest BCUT2D eigenvalue weighted by atomic mass is 35.5. The van der Waals surface area contributed by atoms with Crippen molar-refractivity contribution in [1.82, 2.24) is 15.2 Å². The molecule has 1 aromatic heterocycles. The van der Waals surface area contributed by atoms with Crippen molar-refractivity contribution in [2.45, 2.75) is 13.0 Å². The monoisotopic (exact) mass is 326 g/mol. The Hall–Kier alpha value is -2.66. The molecule has 0 amide bonds. The van der Waals surface area contributed by atoms with E-state index in [0.29, 0.717) is 29.6 Å². The zero-order chi connectivity index (χ0) is 16.1. The highest BCUT2D eigenvalue weighted by Gasteiger charge is 2.06. The Morgan fingerprint density at radius 1 is 0.957 bits per heavy atom. The van der Waals surface area contributed by atoms with Crippen molar-refractivity contribution < 1.29 is 0 Å². The minimum Gasteiger partial charge on any atom is -0.350 e. The molecule has 0 bridgehead atoms. The normalized spacial score (nSPS) is 10.5. The van der Waals surface area contributed by atoms with Crippen LogP contribution in [0.15, 0.2) is 59.4 Å². The van der Waals surface area contributed by atoms with Gasteiger partial charge in [0.2, 0.25) is 5.95 Å². The van der Waals surface area contributed by atoms with Gasteiger partial charge >= 0.3 is 0 Å². The quantitative estimate of drug-likeness (QED) is 0.756. The van der Waals surface area contributed by atoms with E-state index >= 15 is 0 Å². The maximum absolute atomic E-state index is 12.1. The second kappa shape index (κ2) is 7.07. The molecule has 0 fully saturated rings. The number of rotatable bonds is 5. The van der Waals surface area contributed by atoms with Crippen molar-refractivity contribution in [3.8, 4) is 0 Å². The lowest BCUT2D eigenvalue weighted by Crippen LogP contribution is -2.19. The lowest BCUT2D eigenvalue weighted by molar-refractivity contribution is 0.859. The van der Waals surface area contributed by atoms with Gasteiger partial charge in [-0.05, 0) is 23.3 Å². The Kier molecular flexibility index (Phi) is 4.68. The minimum atomic E-state index is -0.245. The van der Waals surface area contributed by atoms with Crippen LogP contribution in [-0.2, 0) is 13.0 Å². The fourth-order valence-corrected chi connectivity index (χ4v) is 2.26. The summed E-state index contributed by atoms with van der Waals surface area (Å²) >= 11 is 5.85. The third-order valence-electron chi connectivity index (χ3n) is 3.35. The van der Waals surface area contributed by atoms with Crippen molar-refractivity contribution in [2.24, 2.45) is 0 Å². The fourth-order valence-electron chi connectivity index (χ4n) is 2.13. The van der Waals surface area contributed by atoms with E-state index in [1.807, 2.05) is 42.5 Å². The zero-order valence-electron chi connectivity index (χ0n) is 12.3. The van der Waals surface area contributed by atoms with Crippen LogP contribution >= 0.6 is 11.6 Å². The maximum Gasteiger partial charge on any atom is 0.274 e. The van der Waals surface area contributed by atoms with Crippen molar-refractivity contribution in [3.63, 3.8) is 0 Å². The summed E-state index contributed by atoms with van der Waals surface area (Å²) in [6.07, 6.45) is 0.415. The predicted octanol–water partition coefficient (Wildman–Crippen LogP) is 3.02. The van der Waals surface area contributed by atoms with Gasteiger partial charge in [-0.25, -0.2) is 0 Å². The molecule has 0 atom stereocenters. The molecule has 0 spiro atoms. The number of aromatic nitrogens is 3. The van der Waals surface area contributed by atoms with E-state index in [0.717, 1.165) is 11.1 Å². The van der Waals surface area contributed by atoms with Crippen LogP contribution in [0.25, 0.3) is 0 Å². The molecule has 0 aliphatic rings.